The van der Waals surface area contributed by atoms with Crippen LogP contribution in [-0.2, 0) is 19.0 Å². The van der Waals surface area contributed by atoms with E-state index in [0.717, 1.165) is 29.5 Å². The zero-order valence-corrected chi connectivity index (χ0v) is 13.9. The van der Waals surface area contributed by atoms with Crippen LogP contribution in [0.2, 0.25) is 5.02 Å². The number of pyridine rings is 1. The molecular formula is C17H16ClF3N2O. The summed E-state index contributed by atoms with van der Waals surface area (Å²) in [7, 11) is 0. The monoisotopic (exact) mass is 356 g/mol. The van der Waals surface area contributed by atoms with E-state index in [-0.39, 0.29) is 5.56 Å². The van der Waals surface area contributed by atoms with Crippen molar-refractivity contribution in [1.29, 1.82) is 0 Å². The minimum absolute atomic E-state index is 0.0482. The number of hydrogen-bond acceptors (Lipinski definition) is 2. The lowest BCUT2D eigenvalue weighted by Gasteiger charge is -2.16. The molecule has 2 aromatic rings. The van der Waals surface area contributed by atoms with Gasteiger partial charge < -0.3 is 5.32 Å². The molecule has 1 N–H and O–H groups in total. The molecule has 0 unspecified atom stereocenters. The number of hydrogen-bond donors (Lipinski definition) is 1. The van der Waals surface area contributed by atoms with E-state index >= 15 is 0 Å². The highest BCUT2D eigenvalue weighted by molar-refractivity contribution is 6.32. The molecular weight excluding hydrogens is 341 g/mol. The number of rotatable bonds is 4. The second-order valence-corrected chi connectivity index (χ2v) is 5.56. The Bertz CT molecular complexity index is 743. The number of nitrogens with zero attached hydrogens (tertiary/aromatic N) is 1. The van der Waals surface area contributed by atoms with Crippen molar-refractivity contribution in [2.75, 3.05) is 5.32 Å². The second kappa shape index (κ2) is 7.21. The molecule has 3 nitrogen and oxygen atoms in total. The summed E-state index contributed by atoms with van der Waals surface area (Å²) < 4.78 is 37.6. The first-order valence-corrected chi connectivity index (χ1v) is 7.80. The molecule has 0 aliphatic rings. The average molecular weight is 357 g/mol. The van der Waals surface area contributed by atoms with Crippen LogP contribution in [0.1, 0.15) is 41.0 Å². The fraction of sp³-hybridized carbons (Fsp3) is 0.294. The van der Waals surface area contributed by atoms with Gasteiger partial charge in [-0.15, -0.1) is 0 Å². The molecule has 128 valence electrons. The highest BCUT2D eigenvalue weighted by atomic mass is 35.5. The number of carbonyl (C=O) groups is 1. The summed E-state index contributed by atoms with van der Waals surface area (Å²) in [6.45, 7) is 3.86. The van der Waals surface area contributed by atoms with Crippen molar-refractivity contribution in [2.45, 2.75) is 32.9 Å². The highest BCUT2D eigenvalue weighted by Gasteiger charge is 2.32. The van der Waals surface area contributed by atoms with Crippen molar-refractivity contribution >= 4 is 23.2 Å². The number of amides is 1. The Morgan fingerprint density at radius 1 is 1.17 bits per heavy atom. The minimum Gasteiger partial charge on any atom is -0.321 e. The quantitative estimate of drug-likeness (QED) is 0.825. The van der Waals surface area contributed by atoms with E-state index in [4.69, 9.17) is 11.6 Å². The van der Waals surface area contributed by atoms with Crippen LogP contribution in [0.3, 0.4) is 0 Å². The van der Waals surface area contributed by atoms with Gasteiger partial charge in [-0.3, -0.25) is 9.78 Å². The molecule has 1 amide bonds. The molecule has 0 radical (unpaired) electrons. The highest BCUT2D eigenvalue weighted by Crippen LogP contribution is 2.30. The maximum absolute atomic E-state index is 12.5. The van der Waals surface area contributed by atoms with E-state index < -0.39 is 17.8 Å². The molecule has 0 aliphatic heterocycles. The standard InChI is InChI=1S/C17H16ClF3N2O/c1-3-10-5-7-13(18)12(4-2)15(10)23-16(24)11-6-8-14(22-9-11)17(19,20)21/h5-9H,3-4H2,1-2H3,(H,23,24). The topological polar surface area (TPSA) is 42.0 Å². The Morgan fingerprint density at radius 3 is 2.38 bits per heavy atom. The first kappa shape index (κ1) is 18.3. The van der Waals surface area contributed by atoms with Gasteiger partial charge in [0.05, 0.1) is 5.56 Å². The molecule has 0 bridgehead atoms. The van der Waals surface area contributed by atoms with Crippen LogP contribution in [-0.4, -0.2) is 10.9 Å². The predicted octanol–water partition coefficient (Wildman–Crippen LogP) is 5.13. The van der Waals surface area contributed by atoms with Crippen LogP contribution in [0.25, 0.3) is 0 Å². The molecule has 2 rings (SSSR count). The van der Waals surface area contributed by atoms with Crippen LogP contribution < -0.4 is 5.32 Å². The van der Waals surface area contributed by atoms with Crippen LogP contribution in [0.15, 0.2) is 30.5 Å². The van der Waals surface area contributed by atoms with E-state index in [1.54, 1.807) is 6.07 Å². The van der Waals surface area contributed by atoms with Gasteiger partial charge in [-0.2, -0.15) is 13.2 Å². The zero-order valence-electron chi connectivity index (χ0n) is 13.2. The largest absolute Gasteiger partial charge is 0.433 e. The maximum Gasteiger partial charge on any atom is 0.433 e. The summed E-state index contributed by atoms with van der Waals surface area (Å²) in [5, 5.41) is 3.29. The number of alkyl halides is 3. The number of carbonyl (C=O) groups excluding carboxylic acids is 1. The molecule has 1 heterocycles. The van der Waals surface area contributed by atoms with Gasteiger partial charge in [0, 0.05) is 16.9 Å². The number of halogens is 4. The SMILES string of the molecule is CCc1ccc(Cl)c(CC)c1NC(=O)c1ccc(C(F)(F)F)nc1. The molecule has 0 atom stereocenters. The van der Waals surface area contributed by atoms with Crippen LogP contribution >= 0.6 is 11.6 Å². The van der Waals surface area contributed by atoms with Crippen LogP contribution in [0.4, 0.5) is 18.9 Å². The van der Waals surface area contributed by atoms with Crippen molar-refractivity contribution in [3.8, 4) is 0 Å². The van der Waals surface area contributed by atoms with Gasteiger partial charge in [-0.05, 0) is 42.2 Å². The molecule has 1 aromatic heterocycles. The second-order valence-electron chi connectivity index (χ2n) is 5.15. The first-order chi connectivity index (χ1) is 11.3. The summed E-state index contributed by atoms with van der Waals surface area (Å²) in [5.74, 6) is -0.525. The third kappa shape index (κ3) is 3.87. The number of nitrogens with one attached hydrogen (secondary N) is 1. The summed E-state index contributed by atoms with van der Waals surface area (Å²) in [6, 6.07) is 5.48. The van der Waals surface area contributed by atoms with Crippen molar-refractivity contribution in [2.24, 2.45) is 0 Å². The first-order valence-electron chi connectivity index (χ1n) is 7.42. The average Bonchev–Trinajstić information content (AvgIpc) is 2.54. The molecule has 0 saturated carbocycles. The fourth-order valence-corrected chi connectivity index (χ4v) is 2.64. The fourth-order valence-electron chi connectivity index (χ4n) is 2.35. The number of anilines is 1. The summed E-state index contributed by atoms with van der Waals surface area (Å²) in [5.41, 5.74) is 1.32. The Labute approximate surface area is 142 Å². The molecule has 0 fully saturated rings. The lowest BCUT2D eigenvalue weighted by atomic mass is 10.0. The number of benzene rings is 1. The van der Waals surface area contributed by atoms with Crippen molar-refractivity contribution in [3.05, 3.63) is 57.9 Å². The van der Waals surface area contributed by atoms with Gasteiger partial charge in [0.25, 0.3) is 5.91 Å². The van der Waals surface area contributed by atoms with Gasteiger partial charge in [0.1, 0.15) is 5.69 Å². The lowest BCUT2D eigenvalue weighted by Crippen LogP contribution is -2.16. The summed E-state index contributed by atoms with van der Waals surface area (Å²) in [4.78, 5) is 15.7. The molecule has 0 aliphatic carbocycles. The van der Waals surface area contributed by atoms with Crippen LogP contribution in [0.5, 0.6) is 0 Å². The third-order valence-corrected chi connectivity index (χ3v) is 3.99. The number of aryl methyl sites for hydroxylation is 1. The molecule has 7 heteroatoms. The normalized spacial score (nSPS) is 11.4. The van der Waals surface area contributed by atoms with E-state index in [2.05, 4.69) is 10.3 Å². The smallest absolute Gasteiger partial charge is 0.321 e. The van der Waals surface area contributed by atoms with E-state index in [0.29, 0.717) is 23.6 Å². The van der Waals surface area contributed by atoms with Crippen molar-refractivity contribution < 1.29 is 18.0 Å². The number of aromatic nitrogens is 1. The van der Waals surface area contributed by atoms with E-state index in [1.807, 2.05) is 19.9 Å². The Hall–Kier alpha value is -2.08. The van der Waals surface area contributed by atoms with Gasteiger partial charge >= 0.3 is 6.18 Å². The third-order valence-electron chi connectivity index (χ3n) is 3.63. The molecule has 24 heavy (non-hydrogen) atoms. The molecule has 1 aromatic carbocycles. The van der Waals surface area contributed by atoms with E-state index in [9.17, 15) is 18.0 Å². The van der Waals surface area contributed by atoms with Gasteiger partial charge in [-0.1, -0.05) is 31.5 Å². The van der Waals surface area contributed by atoms with Crippen molar-refractivity contribution in [3.63, 3.8) is 0 Å². The minimum atomic E-state index is -4.53. The van der Waals surface area contributed by atoms with Crippen molar-refractivity contribution in [1.82, 2.24) is 4.98 Å². The Morgan fingerprint density at radius 2 is 1.88 bits per heavy atom. The van der Waals surface area contributed by atoms with Gasteiger partial charge in [-0.25, -0.2) is 0 Å². The zero-order chi connectivity index (χ0) is 17.9. The predicted molar refractivity (Wildman–Crippen MR) is 87.4 cm³/mol. The maximum atomic E-state index is 12.5. The van der Waals surface area contributed by atoms with Gasteiger partial charge in [0.2, 0.25) is 0 Å². The summed E-state index contributed by atoms with van der Waals surface area (Å²) in [6.07, 6.45) is -2.31. The summed E-state index contributed by atoms with van der Waals surface area (Å²) >= 11 is 6.17. The Balaban J connectivity index is 2.31. The van der Waals surface area contributed by atoms with E-state index in [1.165, 1.54) is 0 Å². The Kier molecular flexibility index (Phi) is 5.49. The molecule has 0 saturated heterocycles. The molecule has 0 spiro atoms. The van der Waals surface area contributed by atoms with Crippen LogP contribution in [0, 0.1) is 0 Å². The lowest BCUT2D eigenvalue weighted by molar-refractivity contribution is -0.141. The van der Waals surface area contributed by atoms with Gasteiger partial charge in [0.15, 0.2) is 0 Å².